The Morgan fingerprint density at radius 1 is 1.27 bits per heavy atom. The first kappa shape index (κ1) is 11.2. The van der Waals surface area contributed by atoms with E-state index in [1.165, 1.54) is 0 Å². The van der Waals surface area contributed by atoms with Crippen molar-refractivity contribution in [3.8, 4) is 0 Å². The molecule has 15 heavy (non-hydrogen) atoms. The number of halogens is 2. The minimum atomic E-state index is 0.271. The van der Waals surface area contributed by atoms with Crippen molar-refractivity contribution in [1.82, 2.24) is 0 Å². The molecule has 4 heteroatoms. The second kappa shape index (κ2) is 4.71. The normalized spacial score (nSPS) is 25.0. The Labute approximate surface area is 99.3 Å². The van der Waals surface area contributed by atoms with Crippen molar-refractivity contribution in [1.29, 1.82) is 0 Å². The highest BCUT2D eigenvalue weighted by atomic mass is 35.5. The van der Waals surface area contributed by atoms with E-state index in [9.17, 15) is 0 Å². The summed E-state index contributed by atoms with van der Waals surface area (Å²) in [6, 6.07) is 5.77. The van der Waals surface area contributed by atoms with Gasteiger partial charge in [-0.05, 0) is 25.0 Å². The summed E-state index contributed by atoms with van der Waals surface area (Å²) < 4.78 is 5.65. The average Bonchev–Trinajstić information content (AvgIpc) is 2.14. The highest BCUT2D eigenvalue weighted by molar-refractivity contribution is 6.35. The van der Waals surface area contributed by atoms with Crippen LogP contribution < -0.4 is 5.73 Å². The van der Waals surface area contributed by atoms with Crippen molar-refractivity contribution in [3.05, 3.63) is 33.8 Å². The van der Waals surface area contributed by atoms with Crippen LogP contribution in [0.25, 0.3) is 0 Å². The van der Waals surface area contributed by atoms with Crippen molar-refractivity contribution in [3.63, 3.8) is 0 Å². The van der Waals surface area contributed by atoms with Gasteiger partial charge in [0.15, 0.2) is 0 Å². The number of ether oxygens (including phenoxy) is 1. The minimum absolute atomic E-state index is 0.271. The second-order valence-corrected chi connectivity index (χ2v) is 4.68. The monoisotopic (exact) mass is 245 g/mol. The number of nitrogens with two attached hydrogens (primary N) is 1. The Balaban J connectivity index is 1.93. The van der Waals surface area contributed by atoms with Crippen LogP contribution in [-0.4, -0.2) is 12.1 Å². The highest BCUT2D eigenvalue weighted by Crippen LogP contribution is 2.28. The topological polar surface area (TPSA) is 35.2 Å². The van der Waals surface area contributed by atoms with Gasteiger partial charge in [0.25, 0.3) is 0 Å². The van der Waals surface area contributed by atoms with Crippen LogP contribution in [0.3, 0.4) is 0 Å². The maximum atomic E-state index is 6.01. The van der Waals surface area contributed by atoms with Crippen LogP contribution in [0.2, 0.25) is 10.0 Å². The summed E-state index contributed by atoms with van der Waals surface area (Å²) in [7, 11) is 0. The largest absolute Gasteiger partial charge is 0.373 e. The Bertz CT molecular complexity index is 330. The lowest BCUT2D eigenvalue weighted by atomic mass is 9.90. The maximum absolute atomic E-state index is 6.01. The average molecular weight is 246 g/mol. The third kappa shape index (κ3) is 2.64. The zero-order chi connectivity index (χ0) is 10.8. The molecule has 2 nitrogen and oxygen atoms in total. The van der Waals surface area contributed by atoms with E-state index in [0.29, 0.717) is 22.7 Å². The summed E-state index contributed by atoms with van der Waals surface area (Å²) in [5.41, 5.74) is 6.53. The van der Waals surface area contributed by atoms with Gasteiger partial charge in [0.05, 0.1) is 12.7 Å². The molecule has 2 rings (SSSR count). The van der Waals surface area contributed by atoms with Gasteiger partial charge < -0.3 is 10.5 Å². The van der Waals surface area contributed by atoms with Gasteiger partial charge in [-0.25, -0.2) is 0 Å². The molecule has 0 atom stereocenters. The fourth-order valence-electron chi connectivity index (χ4n) is 1.61. The van der Waals surface area contributed by atoms with Crippen molar-refractivity contribution < 1.29 is 4.74 Å². The van der Waals surface area contributed by atoms with Gasteiger partial charge in [-0.1, -0.05) is 29.3 Å². The van der Waals surface area contributed by atoms with Gasteiger partial charge in [0.2, 0.25) is 0 Å². The van der Waals surface area contributed by atoms with Gasteiger partial charge in [0, 0.05) is 21.7 Å². The summed E-state index contributed by atoms with van der Waals surface area (Å²) in [4.78, 5) is 0. The quantitative estimate of drug-likeness (QED) is 0.889. The maximum Gasteiger partial charge on any atom is 0.0749 e. The molecule has 1 aromatic carbocycles. The SMILES string of the molecule is NC1CC(OCc2c(Cl)cccc2Cl)C1. The molecule has 0 spiro atoms. The Morgan fingerprint density at radius 3 is 2.40 bits per heavy atom. The van der Waals surface area contributed by atoms with Crippen molar-refractivity contribution >= 4 is 23.2 Å². The molecule has 0 aliphatic heterocycles. The molecular weight excluding hydrogens is 233 g/mol. The van der Waals surface area contributed by atoms with E-state index >= 15 is 0 Å². The first-order chi connectivity index (χ1) is 7.16. The van der Waals surface area contributed by atoms with E-state index in [4.69, 9.17) is 33.7 Å². The van der Waals surface area contributed by atoms with Crippen LogP contribution in [0.4, 0.5) is 0 Å². The van der Waals surface area contributed by atoms with Gasteiger partial charge >= 0.3 is 0 Å². The second-order valence-electron chi connectivity index (χ2n) is 3.86. The Morgan fingerprint density at radius 2 is 1.87 bits per heavy atom. The number of hydrogen-bond acceptors (Lipinski definition) is 2. The first-order valence-electron chi connectivity index (χ1n) is 4.97. The van der Waals surface area contributed by atoms with E-state index in [0.717, 1.165) is 18.4 Å². The fourth-order valence-corrected chi connectivity index (χ4v) is 2.12. The molecule has 1 saturated carbocycles. The number of hydrogen-bond donors (Lipinski definition) is 1. The fraction of sp³-hybridized carbons (Fsp3) is 0.455. The van der Waals surface area contributed by atoms with Crippen LogP contribution in [-0.2, 0) is 11.3 Å². The van der Waals surface area contributed by atoms with E-state index in [1.807, 2.05) is 18.2 Å². The third-order valence-corrected chi connectivity index (χ3v) is 3.36. The summed E-state index contributed by atoms with van der Waals surface area (Å²) in [5, 5.41) is 1.32. The highest BCUT2D eigenvalue weighted by Gasteiger charge is 2.26. The summed E-state index contributed by atoms with van der Waals surface area (Å²) in [6.07, 6.45) is 2.14. The standard InChI is InChI=1S/C11H13Cl2NO/c12-10-2-1-3-11(13)9(10)6-15-8-4-7(14)5-8/h1-3,7-8H,4-6,14H2. The van der Waals surface area contributed by atoms with Crippen LogP contribution >= 0.6 is 23.2 Å². The molecule has 0 aromatic heterocycles. The third-order valence-electron chi connectivity index (χ3n) is 2.66. The smallest absolute Gasteiger partial charge is 0.0749 e. The molecule has 1 aliphatic rings. The zero-order valence-corrected chi connectivity index (χ0v) is 9.76. The van der Waals surface area contributed by atoms with Crippen LogP contribution in [0, 0.1) is 0 Å². The molecule has 0 unspecified atom stereocenters. The summed E-state index contributed by atoms with van der Waals surface area (Å²) >= 11 is 12.0. The molecule has 82 valence electrons. The van der Waals surface area contributed by atoms with E-state index in [1.54, 1.807) is 0 Å². The Kier molecular flexibility index (Phi) is 3.52. The molecule has 1 fully saturated rings. The Hall–Kier alpha value is -0.280. The number of rotatable bonds is 3. The van der Waals surface area contributed by atoms with Crippen molar-refractivity contribution in [2.24, 2.45) is 5.73 Å². The lowest BCUT2D eigenvalue weighted by molar-refractivity contribution is -0.0187. The van der Waals surface area contributed by atoms with Crippen LogP contribution in [0.15, 0.2) is 18.2 Å². The molecule has 1 aliphatic carbocycles. The van der Waals surface area contributed by atoms with Crippen molar-refractivity contribution in [2.45, 2.75) is 31.6 Å². The molecular formula is C11H13Cl2NO. The molecule has 0 bridgehead atoms. The van der Waals surface area contributed by atoms with Gasteiger partial charge in [-0.2, -0.15) is 0 Å². The van der Waals surface area contributed by atoms with Crippen LogP contribution in [0.1, 0.15) is 18.4 Å². The molecule has 0 heterocycles. The van der Waals surface area contributed by atoms with Gasteiger partial charge in [-0.3, -0.25) is 0 Å². The van der Waals surface area contributed by atoms with E-state index in [2.05, 4.69) is 0 Å². The molecule has 0 radical (unpaired) electrons. The van der Waals surface area contributed by atoms with Gasteiger partial charge in [0.1, 0.15) is 0 Å². The van der Waals surface area contributed by atoms with Crippen LogP contribution in [0.5, 0.6) is 0 Å². The molecule has 2 N–H and O–H groups in total. The lowest BCUT2D eigenvalue weighted by Gasteiger charge is -2.32. The predicted molar refractivity (Wildman–Crippen MR) is 62.2 cm³/mol. The van der Waals surface area contributed by atoms with E-state index in [-0.39, 0.29) is 6.10 Å². The lowest BCUT2D eigenvalue weighted by Crippen LogP contribution is -2.41. The summed E-state index contributed by atoms with van der Waals surface area (Å²) in [6.45, 7) is 0.468. The summed E-state index contributed by atoms with van der Waals surface area (Å²) in [5.74, 6) is 0. The molecule has 0 saturated heterocycles. The predicted octanol–water partition coefficient (Wildman–Crippen LogP) is 3.00. The molecule has 0 amide bonds. The van der Waals surface area contributed by atoms with E-state index < -0.39 is 0 Å². The molecule has 1 aromatic rings. The number of benzene rings is 1. The first-order valence-corrected chi connectivity index (χ1v) is 5.72. The van der Waals surface area contributed by atoms with Crippen molar-refractivity contribution in [2.75, 3.05) is 0 Å². The minimum Gasteiger partial charge on any atom is -0.373 e. The zero-order valence-electron chi connectivity index (χ0n) is 8.25. The van der Waals surface area contributed by atoms with Gasteiger partial charge in [-0.15, -0.1) is 0 Å².